The molecule has 2 saturated carbocycles. The Morgan fingerprint density at radius 2 is 1.81 bits per heavy atom. The minimum atomic E-state index is -0.366. The van der Waals surface area contributed by atoms with Crippen LogP contribution in [0.15, 0.2) is 18.2 Å². The van der Waals surface area contributed by atoms with E-state index in [0.717, 1.165) is 13.1 Å². The van der Waals surface area contributed by atoms with Gasteiger partial charge in [-0.1, -0.05) is 0 Å². The normalized spacial score (nSPS) is 17.6. The number of carbonyl (C=O) groups is 1. The van der Waals surface area contributed by atoms with Crippen LogP contribution in [0, 0.1) is 22.0 Å². The number of nitro benzene ring substituents is 1. The van der Waals surface area contributed by atoms with Crippen LogP contribution in [0.3, 0.4) is 0 Å². The van der Waals surface area contributed by atoms with Crippen LogP contribution in [0.1, 0.15) is 43.0 Å². The van der Waals surface area contributed by atoms with Gasteiger partial charge in [-0.05, 0) is 56.6 Å². The highest BCUT2D eigenvalue weighted by Crippen LogP contribution is 2.38. The zero-order valence-corrected chi connectivity index (χ0v) is 12.2. The molecule has 0 heterocycles. The monoisotopic (exact) mass is 288 g/mol. The maximum Gasteiger partial charge on any atom is 0.293 e. The Morgan fingerprint density at radius 3 is 2.24 bits per heavy atom. The second kappa shape index (κ2) is 5.47. The summed E-state index contributed by atoms with van der Waals surface area (Å²) < 4.78 is 0. The fourth-order valence-electron chi connectivity index (χ4n) is 2.65. The maximum atomic E-state index is 11.4. The maximum absolute atomic E-state index is 11.4. The molecule has 0 aliphatic heterocycles. The van der Waals surface area contributed by atoms with Crippen molar-refractivity contribution in [3.63, 3.8) is 0 Å². The van der Waals surface area contributed by atoms with Crippen LogP contribution in [0.5, 0.6) is 0 Å². The van der Waals surface area contributed by atoms with E-state index in [4.69, 9.17) is 0 Å². The van der Waals surface area contributed by atoms with Crippen molar-refractivity contribution in [2.45, 2.75) is 32.6 Å². The zero-order valence-electron chi connectivity index (χ0n) is 12.2. The van der Waals surface area contributed by atoms with Gasteiger partial charge in [-0.15, -0.1) is 0 Å². The minimum absolute atomic E-state index is 0.0593. The molecule has 5 heteroatoms. The van der Waals surface area contributed by atoms with Gasteiger partial charge in [0.25, 0.3) is 5.69 Å². The van der Waals surface area contributed by atoms with Gasteiger partial charge >= 0.3 is 0 Å². The van der Waals surface area contributed by atoms with Gasteiger partial charge in [-0.2, -0.15) is 0 Å². The number of hydrogen-bond acceptors (Lipinski definition) is 4. The molecular weight excluding hydrogens is 268 g/mol. The average molecular weight is 288 g/mol. The van der Waals surface area contributed by atoms with Gasteiger partial charge in [0.1, 0.15) is 5.69 Å². The summed E-state index contributed by atoms with van der Waals surface area (Å²) in [6.45, 7) is 3.23. The van der Waals surface area contributed by atoms with Crippen molar-refractivity contribution in [2.24, 2.45) is 11.8 Å². The van der Waals surface area contributed by atoms with Crippen LogP contribution in [-0.4, -0.2) is 23.8 Å². The third kappa shape index (κ3) is 3.40. The summed E-state index contributed by atoms with van der Waals surface area (Å²) >= 11 is 0. The number of benzene rings is 1. The van der Waals surface area contributed by atoms with Crippen molar-refractivity contribution >= 4 is 17.2 Å². The smallest absolute Gasteiger partial charge is 0.293 e. The van der Waals surface area contributed by atoms with E-state index in [1.165, 1.54) is 38.7 Å². The molecule has 0 saturated heterocycles. The van der Waals surface area contributed by atoms with Crippen LogP contribution < -0.4 is 4.90 Å². The number of rotatable bonds is 7. The van der Waals surface area contributed by atoms with Crippen LogP contribution in [0.4, 0.5) is 11.4 Å². The second-order valence-corrected chi connectivity index (χ2v) is 6.31. The van der Waals surface area contributed by atoms with E-state index < -0.39 is 0 Å². The number of ketones is 1. The number of carbonyl (C=O) groups excluding carboxylic acids is 1. The van der Waals surface area contributed by atoms with Crippen LogP contribution >= 0.6 is 0 Å². The fraction of sp³-hybridized carbons (Fsp3) is 0.562. The van der Waals surface area contributed by atoms with Gasteiger partial charge in [0, 0.05) is 24.7 Å². The Hall–Kier alpha value is -1.91. The molecule has 1 aromatic rings. The molecule has 0 aromatic heterocycles. The Morgan fingerprint density at radius 1 is 1.24 bits per heavy atom. The van der Waals surface area contributed by atoms with E-state index in [2.05, 4.69) is 4.90 Å². The Labute approximate surface area is 124 Å². The molecule has 0 amide bonds. The first-order valence-corrected chi connectivity index (χ1v) is 7.59. The highest BCUT2D eigenvalue weighted by atomic mass is 16.6. The molecule has 0 N–H and O–H groups in total. The first-order chi connectivity index (χ1) is 10.0. The molecule has 2 fully saturated rings. The number of anilines is 1. The summed E-state index contributed by atoms with van der Waals surface area (Å²) in [6, 6.07) is 4.88. The van der Waals surface area contributed by atoms with E-state index in [0.29, 0.717) is 23.1 Å². The quantitative estimate of drug-likeness (QED) is 0.438. The average Bonchev–Trinajstić information content (AvgIpc) is 3.32. The fourth-order valence-corrected chi connectivity index (χ4v) is 2.65. The van der Waals surface area contributed by atoms with Crippen molar-refractivity contribution in [2.75, 3.05) is 18.0 Å². The Balaban J connectivity index is 1.91. The van der Waals surface area contributed by atoms with Crippen LogP contribution in [-0.2, 0) is 0 Å². The lowest BCUT2D eigenvalue weighted by Crippen LogP contribution is -2.28. The molecule has 112 valence electrons. The first kappa shape index (κ1) is 14.0. The van der Waals surface area contributed by atoms with E-state index >= 15 is 0 Å². The molecule has 1 aromatic carbocycles. The van der Waals surface area contributed by atoms with Gasteiger partial charge in [0.15, 0.2) is 5.78 Å². The number of hydrogen-bond donors (Lipinski definition) is 0. The summed E-state index contributed by atoms with van der Waals surface area (Å²) in [6.07, 6.45) is 4.89. The van der Waals surface area contributed by atoms with Crippen LogP contribution in [0.2, 0.25) is 0 Å². The van der Waals surface area contributed by atoms with Crippen molar-refractivity contribution in [1.82, 2.24) is 0 Å². The summed E-state index contributed by atoms with van der Waals surface area (Å²) in [7, 11) is 0. The standard InChI is InChI=1S/C16H20N2O3/c1-11(19)14-6-7-15(16(8-14)18(20)21)17(9-12-2-3-12)10-13-4-5-13/h6-8,12-13H,2-5,9-10H2,1H3. The molecule has 0 unspecified atom stereocenters. The third-order valence-electron chi connectivity index (χ3n) is 4.27. The van der Waals surface area contributed by atoms with Gasteiger partial charge in [-0.25, -0.2) is 0 Å². The van der Waals surface area contributed by atoms with Crippen molar-refractivity contribution in [3.05, 3.63) is 33.9 Å². The van der Waals surface area contributed by atoms with Gasteiger partial charge in [0.05, 0.1) is 4.92 Å². The lowest BCUT2D eigenvalue weighted by atomic mass is 10.1. The van der Waals surface area contributed by atoms with Crippen molar-refractivity contribution < 1.29 is 9.72 Å². The summed E-state index contributed by atoms with van der Waals surface area (Å²) in [5, 5.41) is 11.4. The SMILES string of the molecule is CC(=O)c1ccc(N(CC2CC2)CC2CC2)c([N+](=O)[O-])c1. The Kier molecular flexibility index (Phi) is 3.66. The lowest BCUT2D eigenvalue weighted by molar-refractivity contribution is -0.384. The molecule has 2 aliphatic carbocycles. The number of nitrogens with zero attached hydrogens (tertiary/aromatic N) is 2. The predicted molar refractivity (Wildman–Crippen MR) is 80.8 cm³/mol. The number of Topliss-reactive ketones (excluding diaryl/α,β-unsaturated/α-hetero) is 1. The summed E-state index contributed by atoms with van der Waals surface area (Å²) in [4.78, 5) is 24.6. The van der Waals surface area contributed by atoms with Crippen molar-refractivity contribution in [1.29, 1.82) is 0 Å². The first-order valence-electron chi connectivity index (χ1n) is 7.59. The molecule has 0 bridgehead atoms. The van der Waals surface area contributed by atoms with E-state index in [1.807, 2.05) is 0 Å². The van der Waals surface area contributed by atoms with Crippen molar-refractivity contribution in [3.8, 4) is 0 Å². The third-order valence-corrected chi connectivity index (χ3v) is 4.27. The van der Waals surface area contributed by atoms with E-state index in [-0.39, 0.29) is 16.4 Å². The molecule has 0 spiro atoms. The molecule has 0 radical (unpaired) electrons. The topological polar surface area (TPSA) is 63.5 Å². The van der Waals surface area contributed by atoms with E-state index in [1.54, 1.807) is 12.1 Å². The molecular formula is C16H20N2O3. The van der Waals surface area contributed by atoms with Gasteiger partial charge in [0.2, 0.25) is 0 Å². The van der Waals surface area contributed by atoms with Gasteiger partial charge < -0.3 is 4.90 Å². The molecule has 5 nitrogen and oxygen atoms in total. The van der Waals surface area contributed by atoms with Crippen LogP contribution in [0.25, 0.3) is 0 Å². The minimum Gasteiger partial charge on any atom is -0.365 e. The molecule has 2 aliphatic rings. The molecule has 0 atom stereocenters. The largest absolute Gasteiger partial charge is 0.365 e. The molecule has 3 rings (SSSR count). The van der Waals surface area contributed by atoms with Gasteiger partial charge in [-0.3, -0.25) is 14.9 Å². The number of nitro groups is 1. The summed E-state index contributed by atoms with van der Waals surface area (Å²) in [5.74, 6) is 1.22. The second-order valence-electron chi connectivity index (χ2n) is 6.31. The summed E-state index contributed by atoms with van der Waals surface area (Å²) in [5.41, 5.74) is 1.14. The zero-order chi connectivity index (χ0) is 15.0. The Bertz CT molecular complexity index is 563. The highest BCUT2D eigenvalue weighted by molar-refractivity contribution is 5.95. The van der Waals surface area contributed by atoms with E-state index in [9.17, 15) is 14.9 Å². The predicted octanol–water partition coefficient (Wildman–Crippen LogP) is 3.42. The highest BCUT2D eigenvalue weighted by Gasteiger charge is 2.32. The lowest BCUT2D eigenvalue weighted by Gasteiger charge is -2.24. The molecule has 21 heavy (non-hydrogen) atoms.